The molecule has 2 aromatic rings. The number of hydrogen-bond acceptors (Lipinski definition) is 2. The molecule has 0 heterocycles. The van der Waals surface area contributed by atoms with Gasteiger partial charge in [0.05, 0.1) is 39.1 Å². The number of hydrogen-bond donors (Lipinski definition) is 2. The fourth-order valence-electron chi connectivity index (χ4n) is 3.07. The highest BCUT2D eigenvalue weighted by Crippen LogP contribution is 2.41. The van der Waals surface area contributed by atoms with Crippen LogP contribution in [0.2, 0.25) is 15.1 Å². The van der Waals surface area contributed by atoms with Crippen LogP contribution in [0, 0.1) is 0 Å². The zero-order valence-corrected chi connectivity index (χ0v) is 22.6. The minimum absolute atomic E-state index is 0.0648. The third kappa shape index (κ3) is 9.70. The van der Waals surface area contributed by atoms with Crippen LogP contribution in [0.15, 0.2) is 40.9 Å². The molecule has 0 spiro atoms. The second kappa shape index (κ2) is 12.7. The van der Waals surface area contributed by atoms with Crippen molar-refractivity contribution in [3.05, 3.63) is 72.6 Å². The van der Waals surface area contributed by atoms with Crippen LogP contribution in [-0.2, 0) is 4.79 Å². The fraction of sp³-hybridized carbons (Fsp3) is 0.304. The van der Waals surface area contributed by atoms with Gasteiger partial charge < -0.3 is 10.6 Å². The molecule has 4 nitrogen and oxygen atoms in total. The predicted molar refractivity (Wildman–Crippen MR) is 134 cm³/mol. The summed E-state index contributed by atoms with van der Waals surface area (Å²) >= 11 is 20.7. The van der Waals surface area contributed by atoms with Gasteiger partial charge in [-0.05, 0) is 58.2 Å². The van der Waals surface area contributed by atoms with Crippen LogP contribution in [0.5, 0.6) is 0 Å². The number of halogens is 10. The summed E-state index contributed by atoms with van der Waals surface area (Å²) in [4.78, 5) is 24.1. The Hall–Kier alpha value is -1.95. The van der Waals surface area contributed by atoms with Crippen LogP contribution >= 0.6 is 50.7 Å². The Bertz CT molecular complexity index is 1170. The second-order valence-electron chi connectivity index (χ2n) is 7.79. The van der Waals surface area contributed by atoms with Gasteiger partial charge in [-0.25, -0.2) is 0 Å². The average Bonchev–Trinajstić information content (AvgIpc) is 2.74. The van der Waals surface area contributed by atoms with E-state index in [2.05, 4.69) is 26.6 Å². The minimum atomic E-state index is -4.67. The zero-order chi connectivity index (χ0) is 28.1. The molecule has 2 N–H and O–H groups in total. The molecule has 14 heteroatoms. The van der Waals surface area contributed by atoms with Crippen molar-refractivity contribution in [3.63, 3.8) is 0 Å². The highest BCUT2D eigenvalue weighted by atomic mass is 79.9. The van der Waals surface area contributed by atoms with Crippen molar-refractivity contribution < 1.29 is 35.9 Å². The number of benzene rings is 2. The van der Waals surface area contributed by atoms with Crippen LogP contribution in [0.4, 0.5) is 26.3 Å². The quantitative estimate of drug-likeness (QED) is 0.171. The van der Waals surface area contributed by atoms with Gasteiger partial charge in [-0.2, -0.15) is 26.3 Å². The number of allylic oxidation sites excluding steroid dienone is 1. The van der Waals surface area contributed by atoms with Crippen LogP contribution in [0.25, 0.3) is 6.08 Å². The first kappa shape index (κ1) is 31.3. The number of rotatable bonds is 8. The molecule has 0 aromatic heterocycles. The van der Waals surface area contributed by atoms with E-state index >= 15 is 0 Å². The Balaban J connectivity index is 2.13. The van der Waals surface area contributed by atoms with Crippen molar-refractivity contribution in [2.75, 3.05) is 0 Å². The van der Waals surface area contributed by atoms with Gasteiger partial charge in [0, 0.05) is 10.9 Å². The van der Waals surface area contributed by atoms with E-state index in [1.54, 1.807) is 0 Å². The first-order valence-electron chi connectivity index (χ1n) is 10.3. The lowest BCUT2D eigenvalue weighted by Crippen LogP contribution is -2.46. The molecule has 2 rings (SSSR count). The topological polar surface area (TPSA) is 58.2 Å². The number of carbonyl (C=O) groups is 2. The van der Waals surface area contributed by atoms with Gasteiger partial charge in [0.25, 0.3) is 5.91 Å². The SMILES string of the molecule is C[C@H](NC(=O)CCC(F)(F)F)NC(=O)c1ccc(/C=C/C(c2cc(Cl)c(Cl)c(Cl)c2)C(F)(F)F)cc1Br. The monoisotopic (exact) mass is 652 g/mol. The molecule has 2 amide bonds. The summed E-state index contributed by atoms with van der Waals surface area (Å²) in [5.41, 5.74) is 0.180. The van der Waals surface area contributed by atoms with Crippen LogP contribution in [0.1, 0.15) is 47.2 Å². The first-order chi connectivity index (χ1) is 17.0. The standard InChI is InChI=1S/C23H18BrCl3F6N2O2/c1-11(34-19(36)6-7-22(28,29)30)35-21(37)14-4-2-12(8-16(14)24)3-5-15(23(31,32)33)13-9-17(25)20(27)18(26)10-13/h2-5,8-11,15H,6-7H2,1H3,(H,34,36)(H,35,37)/b5-3+/t11-,15?/m1/s1. The summed E-state index contributed by atoms with van der Waals surface area (Å²) in [7, 11) is 0. The maximum atomic E-state index is 13.7. The molecule has 0 bridgehead atoms. The summed E-state index contributed by atoms with van der Waals surface area (Å²) in [6.45, 7) is 1.36. The molecule has 0 aliphatic heterocycles. The molecule has 202 valence electrons. The summed E-state index contributed by atoms with van der Waals surface area (Å²) < 4.78 is 78.1. The second-order valence-corrected chi connectivity index (χ2v) is 9.84. The summed E-state index contributed by atoms with van der Waals surface area (Å²) in [6.07, 6.45) is -10.1. The Labute approximate surface area is 231 Å². The van der Waals surface area contributed by atoms with Crippen LogP contribution < -0.4 is 10.6 Å². The molecule has 2 aromatic carbocycles. The van der Waals surface area contributed by atoms with E-state index in [9.17, 15) is 35.9 Å². The smallest absolute Gasteiger partial charge is 0.336 e. The van der Waals surface area contributed by atoms with E-state index in [4.69, 9.17) is 34.8 Å². The molecule has 2 atom stereocenters. The van der Waals surface area contributed by atoms with Gasteiger partial charge in [0.15, 0.2) is 0 Å². The Morgan fingerprint density at radius 2 is 1.59 bits per heavy atom. The molecule has 0 aliphatic rings. The summed E-state index contributed by atoms with van der Waals surface area (Å²) in [5.74, 6) is -3.62. The number of carbonyl (C=O) groups excluding carboxylic acids is 2. The van der Waals surface area contributed by atoms with Gasteiger partial charge in [-0.15, -0.1) is 0 Å². The van der Waals surface area contributed by atoms with E-state index < -0.39 is 49.1 Å². The molecular formula is C23H18BrCl3F6N2O2. The highest BCUT2D eigenvalue weighted by Gasteiger charge is 2.39. The number of amides is 2. The molecule has 0 radical (unpaired) electrons. The molecule has 37 heavy (non-hydrogen) atoms. The minimum Gasteiger partial charge on any atom is -0.336 e. The van der Waals surface area contributed by atoms with E-state index in [1.165, 1.54) is 31.2 Å². The van der Waals surface area contributed by atoms with Crippen molar-refractivity contribution >= 4 is 68.6 Å². The van der Waals surface area contributed by atoms with Gasteiger partial charge in [0.2, 0.25) is 5.91 Å². The van der Waals surface area contributed by atoms with Gasteiger partial charge in [-0.1, -0.05) is 53.0 Å². The maximum absolute atomic E-state index is 13.7. The average molecular weight is 655 g/mol. The predicted octanol–water partition coefficient (Wildman–Crippen LogP) is 8.30. The molecule has 0 saturated carbocycles. The van der Waals surface area contributed by atoms with Crippen LogP contribution in [-0.4, -0.2) is 30.3 Å². The lowest BCUT2D eigenvalue weighted by Gasteiger charge is -2.18. The molecule has 1 unspecified atom stereocenters. The Morgan fingerprint density at radius 1 is 1.00 bits per heavy atom. The van der Waals surface area contributed by atoms with Crippen molar-refractivity contribution in [2.24, 2.45) is 0 Å². The van der Waals surface area contributed by atoms with Gasteiger partial charge in [0.1, 0.15) is 0 Å². The van der Waals surface area contributed by atoms with Gasteiger partial charge >= 0.3 is 12.4 Å². The zero-order valence-electron chi connectivity index (χ0n) is 18.7. The molecule has 0 saturated heterocycles. The van der Waals surface area contributed by atoms with Crippen LogP contribution in [0.3, 0.4) is 0 Å². The lowest BCUT2D eigenvalue weighted by molar-refractivity contribution is -0.144. The van der Waals surface area contributed by atoms with Crippen molar-refractivity contribution in [2.45, 2.75) is 44.2 Å². The first-order valence-corrected chi connectivity index (χ1v) is 12.3. The molecule has 0 aliphatic carbocycles. The summed E-state index contributed by atoms with van der Waals surface area (Å²) in [6, 6.07) is 6.26. The Kier molecular flexibility index (Phi) is 10.8. The third-order valence-electron chi connectivity index (χ3n) is 4.80. The van der Waals surface area contributed by atoms with E-state index in [-0.39, 0.29) is 30.7 Å². The third-order valence-corrected chi connectivity index (χ3v) is 6.65. The van der Waals surface area contributed by atoms with Crippen molar-refractivity contribution in [3.8, 4) is 0 Å². The molecule has 0 fully saturated rings. The highest BCUT2D eigenvalue weighted by molar-refractivity contribution is 9.10. The van der Waals surface area contributed by atoms with E-state index in [0.29, 0.717) is 5.56 Å². The normalized spacial score (nSPS) is 13.9. The lowest BCUT2D eigenvalue weighted by atomic mass is 9.97. The molecular weight excluding hydrogens is 637 g/mol. The fourth-order valence-corrected chi connectivity index (χ4v) is 4.26. The van der Waals surface area contributed by atoms with Crippen molar-refractivity contribution in [1.29, 1.82) is 0 Å². The van der Waals surface area contributed by atoms with E-state index in [1.807, 2.05) is 0 Å². The number of nitrogens with one attached hydrogen (secondary N) is 2. The maximum Gasteiger partial charge on any atom is 0.399 e. The summed E-state index contributed by atoms with van der Waals surface area (Å²) in [5, 5.41) is 4.31. The van der Waals surface area contributed by atoms with Gasteiger partial charge in [-0.3, -0.25) is 9.59 Å². The largest absolute Gasteiger partial charge is 0.399 e. The Morgan fingerprint density at radius 3 is 2.11 bits per heavy atom. The number of alkyl halides is 6. The van der Waals surface area contributed by atoms with E-state index in [0.717, 1.165) is 18.2 Å². The van der Waals surface area contributed by atoms with Crippen molar-refractivity contribution in [1.82, 2.24) is 10.6 Å².